The van der Waals surface area contributed by atoms with Gasteiger partial charge in [-0.05, 0) is 13.3 Å². The standard InChI is InChI=1S/C14H18O2/c1-3-7-13(11(2)15)10-14(16)12-8-5-4-6-9-12/h4-6,8-9,13H,3,7,10H2,1-2H3. The van der Waals surface area contributed by atoms with Crippen LogP contribution in [0, 0.1) is 5.92 Å². The maximum absolute atomic E-state index is 11.9. The Morgan fingerprint density at radius 1 is 1.19 bits per heavy atom. The Labute approximate surface area is 96.7 Å². The summed E-state index contributed by atoms with van der Waals surface area (Å²) in [4.78, 5) is 23.2. The summed E-state index contributed by atoms with van der Waals surface area (Å²) in [6.45, 7) is 3.60. The van der Waals surface area contributed by atoms with Crippen LogP contribution in [0.5, 0.6) is 0 Å². The SMILES string of the molecule is CCCC(CC(=O)c1ccccc1)C(C)=O. The molecule has 0 saturated carbocycles. The average molecular weight is 218 g/mol. The van der Waals surface area contributed by atoms with Crippen molar-refractivity contribution in [2.45, 2.75) is 33.1 Å². The number of ketones is 2. The third kappa shape index (κ3) is 3.61. The molecule has 0 saturated heterocycles. The molecule has 1 rings (SSSR count). The highest BCUT2D eigenvalue weighted by molar-refractivity contribution is 5.98. The van der Waals surface area contributed by atoms with Gasteiger partial charge in [0.25, 0.3) is 0 Å². The third-order valence-electron chi connectivity index (χ3n) is 2.74. The second-order valence-electron chi connectivity index (χ2n) is 4.09. The van der Waals surface area contributed by atoms with Gasteiger partial charge >= 0.3 is 0 Å². The molecule has 2 nitrogen and oxygen atoms in total. The molecule has 0 amide bonds. The number of Topliss-reactive ketones (excluding diaryl/α,β-unsaturated/α-hetero) is 2. The zero-order valence-electron chi connectivity index (χ0n) is 9.90. The Balaban J connectivity index is 2.65. The topological polar surface area (TPSA) is 34.1 Å². The van der Waals surface area contributed by atoms with Gasteiger partial charge in [0, 0.05) is 17.9 Å². The highest BCUT2D eigenvalue weighted by Gasteiger charge is 2.18. The molecule has 2 heteroatoms. The molecule has 16 heavy (non-hydrogen) atoms. The first-order valence-electron chi connectivity index (χ1n) is 5.73. The number of benzene rings is 1. The maximum Gasteiger partial charge on any atom is 0.163 e. The van der Waals surface area contributed by atoms with Crippen LogP contribution in [0.3, 0.4) is 0 Å². The Kier molecular flexibility index (Phi) is 4.90. The molecule has 1 atom stereocenters. The molecular formula is C14H18O2. The molecule has 0 N–H and O–H groups in total. The van der Waals surface area contributed by atoms with Gasteiger partial charge in [0.05, 0.1) is 0 Å². The normalized spacial score (nSPS) is 12.1. The van der Waals surface area contributed by atoms with E-state index in [0.717, 1.165) is 12.8 Å². The van der Waals surface area contributed by atoms with Crippen molar-refractivity contribution < 1.29 is 9.59 Å². The van der Waals surface area contributed by atoms with Crippen LogP contribution in [0.4, 0.5) is 0 Å². The van der Waals surface area contributed by atoms with Crippen molar-refractivity contribution in [3.8, 4) is 0 Å². The fourth-order valence-electron chi connectivity index (χ4n) is 1.76. The lowest BCUT2D eigenvalue weighted by Crippen LogP contribution is -2.15. The molecule has 0 spiro atoms. The summed E-state index contributed by atoms with van der Waals surface area (Å²) in [5, 5.41) is 0. The molecule has 0 aliphatic rings. The van der Waals surface area contributed by atoms with E-state index in [4.69, 9.17) is 0 Å². The molecule has 0 aliphatic heterocycles. The summed E-state index contributed by atoms with van der Waals surface area (Å²) in [5.41, 5.74) is 0.699. The molecule has 1 aromatic rings. The highest BCUT2D eigenvalue weighted by Crippen LogP contribution is 2.16. The van der Waals surface area contributed by atoms with Gasteiger partial charge in [0.15, 0.2) is 5.78 Å². The number of hydrogen-bond donors (Lipinski definition) is 0. The number of carbonyl (C=O) groups excluding carboxylic acids is 2. The minimum absolute atomic E-state index is 0.0641. The number of carbonyl (C=O) groups is 2. The van der Waals surface area contributed by atoms with Crippen LogP contribution in [0.1, 0.15) is 43.5 Å². The van der Waals surface area contributed by atoms with Gasteiger partial charge in [-0.2, -0.15) is 0 Å². The van der Waals surface area contributed by atoms with Crippen molar-refractivity contribution in [3.05, 3.63) is 35.9 Å². The minimum atomic E-state index is -0.113. The fourth-order valence-corrected chi connectivity index (χ4v) is 1.76. The summed E-state index contributed by atoms with van der Waals surface area (Å²) < 4.78 is 0. The van der Waals surface area contributed by atoms with Gasteiger partial charge in [-0.15, -0.1) is 0 Å². The lowest BCUT2D eigenvalue weighted by atomic mass is 9.91. The van der Waals surface area contributed by atoms with Crippen molar-refractivity contribution in [1.29, 1.82) is 0 Å². The fraction of sp³-hybridized carbons (Fsp3) is 0.429. The Bertz CT molecular complexity index is 354. The molecule has 0 bridgehead atoms. The van der Waals surface area contributed by atoms with E-state index in [2.05, 4.69) is 0 Å². The van der Waals surface area contributed by atoms with Crippen LogP contribution in [-0.2, 0) is 4.79 Å². The van der Waals surface area contributed by atoms with Crippen molar-refractivity contribution in [2.24, 2.45) is 5.92 Å². The van der Waals surface area contributed by atoms with Gasteiger partial charge in [0.2, 0.25) is 0 Å². The molecule has 86 valence electrons. The Morgan fingerprint density at radius 2 is 1.81 bits per heavy atom. The van der Waals surface area contributed by atoms with Crippen molar-refractivity contribution in [3.63, 3.8) is 0 Å². The summed E-state index contributed by atoms with van der Waals surface area (Å²) in [6.07, 6.45) is 2.08. The van der Waals surface area contributed by atoms with E-state index in [9.17, 15) is 9.59 Å². The molecule has 0 radical (unpaired) electrons. The molecule has 1 aromatic carbocycles. The van der Waals surface area contributed by atoms with Crippen LogP contribution in [0.15, 0.2) is 30.3 Å². The molecule has 0 fully saturated rings. The van der Waals surface area contributed by atoms with Crippen LogP contribution >= 0.6 is 0 Å². The van der Waals surface area contributed by atoms with E-state index in [1.165, 1.54) is 0 Å². The molecule has 0 aliphatic carbocycles. The maximum atomic E-state index is 11.9. The quantitative estimate of drug-likeness (QED) is 0.687. The second kappa shape index (κ2) is 6.21. The van der Waals surface area contributed by atoms with E-state index in [1.54, 1.807) is 19.1 Å². The van der Waals surface area contributed by atoms with Crippen LogP contribution in [0.2, 0.25) is 0 Å². The Hall–Kier alpha value is -1.44. The predicted octanol–water partition coefficient (Wildman–Crippen LogP) is 3.26. The number of hydrogen-bond acceptors (Lipinski definition) is 2. The van der Waals surface area contributed by atoms with Crippen LogP contribution in [-0.4, -0.2) is 11.6 Å². The first-order valence-corrected chi connectivity index (χ1v) is 5.73. The third-order valence-corrected chi connectivity index (χ3v) is 2.74. The van der Waals surface area contributed by atoms with Crippen LogP contribution < -0.4 is 0 Å². The molecular weight excluding hydrogens is 200 g/mol. The summed E-state index contributed by atoms with van der Waals surface area (Å²) in [7, 11) is 0. The molecule has 1 unspecified atom stereocenters. The van der Waals surface area contributed by atoms with E-state index in [-0.39, 0.29) is 17.5 Å². The van der Waals surface area contributed by atoms with E-state index >= 15 is 0 Å². The van der Waals surface area contributed by atoms with Crippen molar-refractivity contribution in [1.82, 2.24) is 0 Å². The molecule has 0 aromatic heterocycles. The van der Waals surface area contributed by atoms with E-state index in [0.29, 0.717) is 12.0 Å². The lowest BCUT2D eigenvalue weighted by molar-refractivity contribution is -0.120. The first kappa shape index (κ1) is 12.6. The van der Waals surface area contributed by atoms with Gasteiger partial charge in [-0.25, -0.2) is 0 Å². The summed E-state index contributed by atoms with van der Waals surface area (Å²) in [5.74, 6) is 0.0677. The first-order chi connectivity index (χ1) is 7.65. The highest BCUT2D eigenvalue weighted by atomic mass is 16.1. The largest absolute Gasteiger partial charge is 0.300 e. The zero-order valence-corrected chi connectivity index (χ0v) is 9.90. The average Bonchev–Trinajstić information content (AvgIpc) is 2.29. The Morgan fingerprint density at radius 3 is 2.31 bits per heavy atom. The van der Waals surface area contributed by atoms with E-state index in [1.807, 2.05) is 25.1 Å². The molecule has 0 heterocycles. The van der Waals surface area contributed by atoms with Crippen molar-refractivity contribution >= 4 is 11.6 Å². The van der Waals surface area contributed by atoms with Gasteiger partial charge in [0.1, 0.15) is 5.78 Å². The zero-order chi connectivity index (χ0) is 12.0. The summed E-state index contributed by atoms with van der Waals surface area (Å²) >= 11 is 0. The van der Waals surface area contributed by atoms with Crippen LogP contribution in [0.25, 0.3) is 0 Å². The van der Waals surface area contributed by atoms with E-state index < -0.39 is 0 Å². The minimum Gasteiger partial charge on any atom is -0.300 e. The smallest absolute Gasteiger partial charge is 0.163 e. The second-order valence-corrected chi connectivity index (χ2v) is 4.09. The van der Waals surface area contributed by atoms with Gasteiger partial charge in [-0.1, -0.05) is 43.7 Å². The van der Waals surface area contributed by atoms with Gasteiger partial charge < -0.3 is 0 Å². The predicted molar refractivity (Wildman–Crippen MR) is 64.5 cm³/mol. The summed E-state index contributed by atoms with van der Waals surface area (Å²) in [6, 6.07) is 9.16. The lowest BCUT2D eigenvalue weighted by Gasteiger charge is -2.11. The van der Waals surface area contributed by atoms with Crippen molar-refractivity contribution in [2.75, 3.05) is 0 Å². The number of rotatable bonds is 6. The monoisotopic (exact) mass is 218 g/mol. The van der Waals surface area contributed by atoms with Gasteiger partial charge in [-0.3, -0.25) is 9.59 Å².